The van der Waals surface area contributed by atoms with Gasteiger partial charge in [0.05, 0.1) is 13.2 Å². The minimum absolute atomic E-state index is 0.665. The first kappa shape index (κ1) is 19.9. The zero-order valence-corrected chi connectivity index (χ0v) is 16.6. The second kappa shape index (κ2) is 10.4. The normalized spacial score (nSPS) is 11.0. The molecule has 0 saturated carbocycles. The average molecular weight is 369 g/mol. The molecule has 1 nitrogen and oxygen atoms in total. The summed E-state index contributed by atoms with van der Waals surface area (Å²) in [5.41, 5.74) is 7.43. The highest BCUT2D eigenvalue weighted by Crippen LogP contribution is 2.25. The summed E-state index contributed by atoms with van der Waals surface area (Å²) in [6, 6.07) is 26.1. The topological polar surface area (TPSA) is 9.23 Å². The summed E-state index contributed by atoms with van der Waals surface area (Å²) in [7, 11) is 0. The number of benzene rings is 3. The zero-order valence-electron chi connectivity index (χ0n) is 16.6. The summed E-state index contributed by atoms with van der Waals surface area (Å²) >= 11 is 0. The van der Waals surface area contributed by atoms with Gasteiger partial charge < -0.3 is 4.74 Å². The molecule has 28 heavy (non-hydrogen) atoms. The highest BCUT2D eigenvalue weighted by molar-refractivity contribution is 5.70. The Morgan fingerprint density at radius 2 is 1.18 bits per heavy atom. The van der Waals surface area contributed by atoms with Crippen molar-refractivity contribution in [1.29, 1.82) is 0 Å². The third-order valence-electron chi connectivity index (χ3n) is 4.77. The van der Waals surface area contributed by atoms with E-state index in [-0.39, 0.29) is 0 Å². The van der Waals surface area contributed by atoms with Crippen LogP contribution in [0.4, 0.5) is 0 Å². The van der Waals surface area contributed by atoms with Crippen molar-refractivity contribution in [3.05, 3.63) is 109 Å². The molecule has 0 radical (unpaired) electrons. The van der Waals surface area contributed by atoms with Crippen molar-refractivity contribution in [3.8, 4) is 22.3 Å². The molecule has 0 atom stereocenters. The maximum atomic E-state index is 5.70. The van der Waals surface area contributed by atoms with Crippen molar-refractivity contribution in [2.24, 2.45) is 0 Å². The highest BCUT2D eigenvalue weighted by atomic mass is 16.5. The molecule has 3 aromatic carbocycles. The van der Waals surface area contributed by atoms with E-state index in [0.29, 0.717) is 6.61 Å². The number of hydrogen-bond acceptors (Lipinski definition) is 1. The van der Waals surface area contributed by atoms with Gasteiger partial charge in [-0.1, -0.05) is 91.0 Å². The predicted molar refractivity (Wildman–Crippen MR) is 120 cm³/mol. The van der Waals surface area contributed by atoms with E-state index in [1.54, 1.807) is 0 Å². The minimum atomic E-state index is 0.665. The van der Waals surface area contributed by atoms with Crippen LogP contribution in [0.1, 0.15) is 24.5 Å². The first-order chi connectivity index (χ1) is 13.8. The lowest BCUT2D eigenvalue weighted by Gasteiger charge is -2.07. The van der Waals surface area contributed by atoms with E-state index in [2.05, 4.69) is 91.5 Å². The lowest BCUT2D eigenvalue weighted by atomic mass is 9.99. The van der Waals surface area contributed by atoms with Gasteiger partial charge in [0.2, 0.25) is 0 Å². The van der Waals surface area contributed by atoms with Gasteiger partial charge in [-0.25, -0.2) is 0 Å². The first-order valence-electron chi connectivity index (χ1n) is 9.88. The molecule has 0 bridgehead atoms. The first-order valence-corrected chi connectivity index (χ1v) is 9.88. The molecule has 0 aromatic heterocycles. The van der Waals surface area contributed by atoms with Crippen LogP contribution >= 0.6 is 0 Å². The molecule has 0 saturated heterocycles. The van der Waals surface area contributed by atoms with Crippen molar-refractivity contribution in [2.45, 2.75) is 26.4 Å². The number of hydrogen-bond donors (Lipinski definition) is 0. The van der Waals surface area contributed by atoms with Gasteiger partial charge in [-0.15, -0.1) is 6.58 Å². The van der Waals surface area contributed by atoms with Crippen LogP contribution in [0.15, 0.2) is 97.6 Å². The molecule has 0 fully saturated rings. The molecule has 0 N–H and O–H groups in total. The average Bonchev–Trinajstić information content (AvgIpc) is 2.75. The standard InChI is InChI=1S/C27H28O/c1-3-5-6-20-28-21-23-10-14-25(15-11-23)27-18-16-26(17-19-27)24-12-8-22(7-4-2)9-13-24/h3-5,8-19H,2,6-7,20-21H2,1H3/b5-3+. The zero-order chi connectivity index (χ0) is 19.6. The van der Waals surface area contributed by atoms with Gasteiger partial charge in [-0.3, -0.25) is 0 Å². The number of allylic oxidation sites excluding steroid dienone is 2. The lowest BCUT2D eigenvalue weighted by Crippen LogP contribution is -1.94. The van der Waals surface area contributed by atoms with Crippen molar-refractivity contribution in [2.75, 3.05) is 6.61 Å². The minimum Gasteiger partial charge on any atom is -0.376 e. The Balaban J connectivity index is 1.62. The molecular formula is C27H28O. The molecule has 0 heterocycles. The highest BCUT2D eigenvalue weighted by Gasteiger charge is 2.02. The van der Waals surface area contributed by atoms with Crippen LogP contribution in [-0.4, -0.2) is 6.61 Å². The molecule has 1 heteroatoms. The Hall–Kier alpha value is -2.90. The summed E-state index contributed by atoms with van der Waals surface area (Å²) in [5.74, 6) is 0. The molecule has 3 aromatic rings. The van der Waals surface area contributed by atoms with Crippen LogP contribution in [0.5, 0.6) is 0 Å². The van der Waals surface area contributed by atoms with Gasteiger partial charge >= 0.3 is 0 Å². The van der Waals surface area contributed by atoms with Gasteiger partial charge in [0, 0.05) is 0 Å². The molecule has 0 amide bonds. The second-order valence-electron chi connectivity index (χ2n) is 6.87. The third-order valence-corrected chi connectivity index (χ3v) is 4.77. The third kappa shape index (κ3) is 5.55. The molecule has 0 aliphatic heterocycles. The molecule has 0 aliphatic rings. The van der Waals surface area contributed by atoms with Crippen LogP contribution in [0.3, 0.4) is 0 Å². The second-order valence-corrected chi connectivity index (χ2v) is 6.87. The summed E-state index contributed by atoms with van der Waals surface area (Å²) in [4.78, 5) is 0. The summed E-state index contributed by atoms with van der Waals surface area (Å²) < 4.78 is 5.70. The quantitative estimate of drug-likeness (QED) is 0.286. The summed E-state index contributed by atoms with van der Waals surface area (Å²) in [6.45, 7) is 7.26. The van der Waals surface area contributed by atoms with Crippen LogP contribution in [-0.2, 0) is 17.8 Å². The largest absolute Gasteiger partial charge is 0.376 e. The fourth-order valence-corrected chi connectivity index (χ4v) is 3.16. The fourth-order valence-electron chi connectivity index (χ4n) is 3.16. The van der Waals surface area contributed by atoms with Crippen molar-refractivity contribution in [1.82, 2.24) is 0 Å². The van der Waals surface area contributed by atoms with Gasteiger partial charge in [-0.2, -0.15) is 0 Å². The summed E-state index contributed by atoms with van der Waals surface area (Å²) in [5, 5.41) is 0. The van der Waals surface area contributed by atoms with Crippen molar-refractivity contribution >= 4 is 0 Å². The number of ether oxygens (including phenoxy) is 1. The van der Waals surface area contributed by atoms with E-state index < -0.39 is 0 Å². The molecular weight excluding hydrogens is 340 g/mol. The Labute approximate surface area is 169 Å². The van der Waals surface area contributed by atoms with E-state index >= 15 is 0 Å². The Morgan fingerprint density at radius 3 is 1.64 bits per heavy atom. The monoisotopic (exact) mass is 368 g/mol. The van der Waals surface area contributed by atoms with E-state index in [0.717, 1.165) is 19.4 Å². The van der Waals surface area contributed by atoms with Gasteiger partial charge in [-0.05, 0) is 53.1 Å². The fraction of sp³-hybridized carbons (Fsp3) is 0.185. The van der Waals surface area contributed by atoms with Crippen molar-refractivity contribution in [3.63, 3.8) is 0 Å². The lowest BCUT2D eigenvalue weighted by molar-refractivity contribution is 0.125. The maximum absolute atomic E-state index is 5.70. The molecule has 0 aliphatic carbocycles. The predicted octanol–water partition coefficient (Wildman–Crippen LogP) is 7.23. The molecule has 0 spiro atoms. The number of rotatable bonds is 9. The van der Waals surface area contributed by atoms with E-state index in [1.807, 2.05) is 13.0 Å². The van der Waals surface area contributed by atoms with Gasteiger partial charge in [0.1, 0.15) is 0 Å². The van der Waals surface area contributed by atoms with Crippen molar-refractivity contribution < 1.29 is 4.74 Å². The smallest absolute Gasteiger partial charge is 0.0717 e. The SMILES string of the molecule is C=CCc1ccc(-c2ccc(-c3ccc(COCC/C=C/C)cc3)cc2)cc1. The van der Waals surface area contributed by atoms with Crippen LogP contribution in [0.25, 0.3) is 22.3 Å². The van der Waals surface area contributed by atoms with Crippen LogP contribution in [0, 0.1) is 0 Å². The Bertz CT molecular complexity index is 885. The molecule has 0 unspecified atom stereocenters. The van der Waals surface area contributed by atoms with E-state index in [4.69, 9.17) is 4.74 Å². The van der Waals surface area contributed by atoms with Crippen LogP contribution in [0.2, 0.25) is 0 Å². The molecule has 142 valence electrons. The van der Waals surface area contributed by atoms with Gasteiger partial charge in [0.15, 0.2) is 0 Å². The Kier molecular flexibility index (Phi) is 7.40. The van der Waals surface area contributed by atoms with E-state index in [9.17, 15) is 0 Å². The summed E-state index contributed by atoms with van der Waals surface area (Å²) in [6.07, 6.45) is 8.00. The van der Waals surface area contributed by atoms with Gasteiger partial charge in [0.25, 0.3) is 0 Å². The Morgan fingerprint density at radius 1 is 0.714 bits per heavy atom. The van der Waals surface area contributed by atoms with E-state index in [1.165, 1.54) is 33.4 Å². The maximum Gasteiger partial charge on any atom is 0.0717 e. The van der Waals surface area contributed by atoms with Crippen LogP contribution < -0.4 is 0 Å². The molecule has 3 rings (SSSR count).